The molecular weight excluding hydrogens is 287 g/mol. The van der Waals surface area contributed by atoms with Gasteiger partial charge in [-0.05, 0) is 34.2 Å². The van der Waals surface area contributed by atoms with Gasteiger partial charge in [-0.1, -0.05) is 62.7 Å². The molecule has 0 radical (unpaired) electrons. The maximum Gasteiger partial charge on any atom is 0.142 e. The van der Waals surface area contributed by atoms with Gasteiger partial charge in [0.05, 0.1) is 11.1 Å². The van der Waals surface area contributed by atoms with E-state index in [0.29, 0.717) is 6.42 Å². The summed E-state index contributed by atoms with van der Waals surface area (Å²) in [5.41, 5.74) is 2.67. The zero-order valence-electron chi connectivity index (χ0n) is 12.5. The van der Waals surface area contributed by atoms with Gasteiger partial charge in [-0.3, -0.25) is 0 Å². The topological polar surface area (TPSA) is 20.2 Å². The Balaban J connectivity index is 2.28. The van der Waals surface area contributed by atoms with Crippen molar-refractivity contribution in [1.29, 1.82) is 0 Å². The molecule has 0 saturated carbocycles. The smallest absolute Gasteiger partial charge is 0.142 e. The molecule has 21 heavy (non-hydrogen) atoms. The third kappa shape index (κ3) is 3.84. The highest BCUT2D eigenvalue weighted by molar-refractivity contribution is 6.30. The second kappa shape index (κ2) is 6.17. The maximum atomic E-state index is 13.5. The fourth-order valence-corrected chi connectivity index (χ4v) is 2.59. The summed E-state index contributed by atoms with van der Waals surface area (Å²) < 4.78 is 13.5. The molecule has 112 valence electrons. The Labute approximate surface area is 130 Å². The molecule has 0 aliphatic heterocycles. The van der Waals surface area contributed by atoms with Crippen molar-refractivity contribution in [3.05, 3.63) is 70.0 Å². The molecule has 0 aromatic heterocycles. The van der Waals surface area contributed by atoms with Crippen molar-refractivity contribution < 1.29 is 9.50 Å². The molecule has 2 aromatic rings. The number of halogens is 2. The fourth-order valence-electron chi connectivity index (χ4n) is 2.47. The maximum absolute atomic E-state index is 13.5. The number of benzene rings is 2. The van der Waals surface area contributed by atoms with Gasteiger partial charge in [0.2, 0.25) is 0 Å². The second-order valence-corrected chi connectivity index (χ2v) is 6.71. The van der Waals surface area contributed by atoms with Gasteiger partial charge >= 0.3 is 0 Å². The molecule has 0 amide bonds. The van der Waals surface area contributed by atoms with Crippen LogP contribution in [0.1, 0.15) is 43.6 Å². The molecule has 0 fully saturated rings. The van der Waals surface area contributed by atoms with Crippen molar-refractivity contribution in [3.63, 3.8) is 0 Å². The summed E-state index contributed by atoms with van der Waals surface area (Å²) in [6.45, 7) is 6.33. The van der Waals surface area contributed by atoms with Gasteiger partial charge in [0, 0.05) is 6.42 Å². The van der Waals surface area contributed by atoms with Gasteiger partial charge in [0.15, 0.2) is 0 Å². The normalized spacial score (nSPS) is 13.2. The molecule has 1 unspecified atom stereocenters. The van der Waals surface area contributed by atoms with Gasteiger partial charge in [0.1, 0.15) is 5.82 Å². The highest BCUT2D eigenvalue weighted by atomic mass is 35.5. The Morgan fingerprint density at radius 1 is 1.14 bits per heavy atom. The number of hydrogen-bond donors (Lipinski definition) is 1. The first kappa shape index (κ1) is 16.0. The Kier molecular flexibility index (Phi) is 4.70. The molecule has 1 atom stereocenters. The van der Waals surface area contributed by atoms with Gasteiger partial charge in [0.25, 0.3) is 0 Å². The molecule has 3 heteroatoms. The van der Waals surface area contributed by atoms with E-state index in [1.165, 1.54) is 12.1 Å². The summed E-state index contributed by atoms with van der Waals surface area (Å²) >= 11 is 5.68. The molecule has 0 heterocycles. The average molecular weight is 307 g/mol. The molecule has 0 bridgehead atoms. The van der Waals surface area contributed by atoms with E-state index in [4.69, 9.17) is 11.6 Å². The van der Waals surface area contributed by atoms with Crippen LogP contribution in [0.25, 0.3) is 0 Å². The van der Waals surface area contributed by atoms with Crippen molar-refractivity contribution in [2.24, 2.45) is 0 Å². The molecule has 0 saturated heterocycles. The predicted molar refractivity (Wildman–Crippen MR) is 85.2 cm³/mol. The van der Waals surface area contributed by atoms with Crippen molar-refractivity contribution in [1.82, 2.24) is 0 Å². The van der Waals surface area contributed by atoms with E-state index in [2.05, 4.69) is 20.8 Å². The Morgan fingerprint density at radius 2 is 1.81 bits per heavy atom. The largest absolute Gasteiger partial charge is 0.388 e. The van der Waals surface area contributed by atoms with Crippen molar-refractivity contribution in [3.8, 4) is 0 Å². The minimum Gasteiger partial charge on any atom is -0.388 e. The Morgan fingerprint density at radius 3 is 2.43 bits per heavy atom. The average Bonchev–Trinajstić information content (AvgIpc) is 2.42. The van der Waals surface area contributed by atoms with E-state index in [-0.39, 0.29) is 10.4 Å². The van der Waals surface area contributed by atoms with Crippen LogP contribution in [-0.2, 0) is 11.8 Å². The van der Waals surface area contributed by atoms with Crippen LogP contribution in [0.2, 0.25) is 5.02 Å². The molecule has 1 nitrogen and oxygen atoms in total. The van der Waals surface area contributed by atoms with Gasteiger partial charge in [-0.2, -0.15) is 0 Å². The van der Waals surface area contributed by atoms with Gasteiger partial charge in [-0.15, -0.1) is 0 Å². The summed E-state index contributed by atoms with van der Waals surface area (Å²) in [5, 5.41) is 10.6. The minimum absolute atomic E-state index is 0.0528. The summed E-state index contributed by atoms with van der Waals surface area (Å²) in [6, 6.07) is 12.5. The minimum atomic E-state index is -0.666. The van der Waals surface area contributed by atoms with E-state index < -0.39 is 11.9 Å². The molecular formula is C18H20ClFO. The lowest BCUT2D eigenvalue weighted by molar-refractivity contribution is 0.176. The lowest BCUT2D eigenvalue weighted by Gasteiger charge is -2.25. The van der Waals surface area contributed by atoms with Gasteiger partial charge < -0.3 is 5.11 Å². The third-order valence-corrected chi connectivity index (χ3v) is 3.85. The molecule has 0 aliphatic carbocycles. The quantitative estimate of drug-likeness (QED) is 0.841. The van der Waals surface area contributed by atoms with Crippen LogP contribution in [0.3, 0.4) is 0 Å². The van der Waals surface area contributed by atoms with Crippen molar-refractivity contribution >= 4 is 11.6 Å². The molecule has 0 aliphatic rings. The Hall–Kier alpha value is -1.38. The van der Waals surface area contributed by atoms with E-state index in [1.807, 2.05) is 24.3 Å². The summed E-state index contributed by atoms with van der Waals surface area (Å²) in [5.74, 6) is -0.453. The first-order valence-corrected chi connectivity index (χ1v) is 7.38. The standard InChI is InChI=1S/C18H20ClFO/c1-18(2,3)14-7-5-4-6-13(14)17(21)11-12-8-9-15(19)16(20)10-12/h4-10,17,21H,11H2,1-3H3. The van der Waals surface area contributed by atoms with Crippen molar-refractivity contribution in [2.75, 3.05) is 0 Å². The monoisotopic (exact) mass is 306 g/mol. The highest BCUT2D eigenvalue weighted by Gasteiger charge is 2.21. The SMILES string of the molecule is CC(C)(C)c1ccccc1C(O)Cc1ccc(Cl)c(F)c1. The number of hydrogen-bond acceptors (Lipinski definition) is 1. The van der Waals surface area contributed by atoms with Crippen LogP contribution in [0.5, 0.6) is 0 Å². The third-order valence-electron chi connectivity index (χ3n) is 3.54. The van der Waals surface area contributed by atoms with Crippen LogP contribution in [-0.4, -0.2) is 5.11 Å². The lowest BCUT2D eigenvalue weighted by atomic mass is 9.81. The zero-order valence-corrected chi connectivity index (χ0v) is 13.3. The van der Waals surface area contributed by atoms with Crippen LogP contribution in [0.15, 0.2) is 42.5 Å². The van der Waals surface area contributed by atoms with E-state index in [0.717, 1.165) is 16.7 Å². The Bertz CT molecular complexity index is 631. The molecule has 2 aromatic carbocycles. The van der Waals surface area contributed by atoms with Crippen molar-refractivity contribution in [2.45, 2.75) is 38.7 Å². The predicted octanol–water partition coefficient (Wildman–Crippen LogP) is 5.05. The van der Waals surface area contributed by atoms with Crippen LogP contribution >= 0.6 is 11.6 Å². The lowest BCUT2D eigenvalue weighted by Crippen LogP contribution is -2.17. The van der Waals surface area contributed by atoms with Crippen LogP contribution in [0.4, 0.5) is 4.39 Å². The highest BCUT2D eigenvalue weighted by Crippen LogP contribution is 2.31. The van der Waals surface area contributed by atoms with Crippen LogP contribution in [0, 0.1) is 5.82 Å². The molecule has 2 rings (SSSR count). The number of rotatable bonds is 3. The number of aliphatic hydroxyl groups excluding tert-OH is 1. The molecule has 0 spiro atoms. The van der Waals surface area contributed by atoms with Gasteiger partial charge in [-0.25, -0.2) is 4.39 Å². The first-order chi connectivity index (χ1) is 9.79. The second-order valence-electron chi connectivity index (χ2n) is 6.31. The van der Waals surface area contributed by atoms with Crippen LogP contribution < -0.4 is 0 Å². The summed E-state index contributed by atoms with van der Waals surface area (Å²) in [6.07, 6.45) is -0.303. The zero-order chi connectivity index (χ0) is 15.6. The summed E-state index contributed by atoms with van der Waals surface area (Å²) in [7, 11) is 0. The fraction of sp³-hybridized carbons (Fsp3) is 0.333. The van der Waals surface area contributed by atoms with E-state index >= 15 is 0 Å². The number of aliphatic hydroxyl groups is 1. The van der Waals surface area contributed by atoms with E-state index in [9.17, 15) is 9.50 Å². The van der Waals surface area contributed by atoms with E-state index in [1.54, 1.807) is 6.07 Å². The summed E-state index contributed by atoms with van der Waals surface area (Å²) in [4.78, 5) is 0. The first-order valence-electron chi connectivity index (χ1n) is 7.00. The molecule has 1 N–H and O–H groups in total.